The fourth-order valence-electron chi connectivity index (χ4n) is 3.24. The summed E-state index contributed by atoms with van der Waals surface area (Å²) in [6.45, 7) is 6.62. The van der Waals surface area contributed by atoms with Crippen molar-refractivity contribution in [2.75, 3.05) is 18.5 Å². The van der Waals surface area contributed by atoms with Gasteiger partial charge in [0, 0.05) is 43.3 Å². The Kier molecular flexibility index (Phi) is 4.06. The third-order valence-corrected chi connectivity index (χ3v) is 4.68. The van der Waals surface area contributed by atoms with Gasteiger partial charge in [-0.3, -0.25) is 4.99 Å². The van der Waals surface area contributed by atoms with Crippen molar-refractivity contribution in [2.45, 2.75) is 45.3 Å². The number of imidazole rings is 1. The molecule has 6 nitrogen and oxygen atoms in total. The zero-order valence-corrected chi connectivity index (χ0v) is 14.2. The topological polar surface area (TPSA) is 64.3 Å². The first-order valence-corrected chi connectivity index (χ1v) is 8.63. The van der Waals surface area contributed by atoms with E-state index in [0.717, 1.165) is 48.8 Å². The van der Waals surface area contributed by atoms with Crippen molar-refractivity contribution in [1.82, 2.24) is 14.5 Å². The molecule has 0 aliphatic carbocycles. The number of pyridine rings is 1. The number of hydrogen-bond donors (Lipinski definition) is 1. The minimum atomic E-state index is 0.390. The van der Waals surface area contributed by atoms with Crippen molar-refractivity contribution in [3.05, 3.63) is 41.6 Å². The molecule has 1 N–H and O–H groups in total. The number of anilines is 1. The number of nitrogens with zero attached hydrogens (tertiary/aromatic N) is 4. The van der Waals surface area contributed by atoms with E-state index in [0.29, 0.717) is 18.6 Å². The predicted molar refractivity (Wildman–Crippen MR) is 93.7 cm³/mol. The van der Waals surface area contributed by atoms with E-state index in [2.05, 4.69) is 46.0 Å². The fourth-order valence-corrected chi connectivity index (χ4v) is 3.24. The van der Waals surface area contributed by atoms with E-state index in [1.807, 2.05) is 12.5 Å². The van der Waals surface area contributed by atoms with E-state index in [-0.39, 0.29) is 0 Å². The maximum Gasteiger partial charge on any atom is 0.136 e. The van der Waals surface area contributed by atoms with E-state index in [1.54, 1.807) is 0 Å². The van der Waals surface area contributed by atoms with Gasteiger partial charge < -0.3 is 14.6 Å². The molecule has 0 amide bonds. The van der Waals surface area contributed by atoms with E-state index in [1.165, 1.54) is 5.56 Å². The molecule has 1 saturated heterocycles. The van der Waals surface area contributed by atoms with Crippen LogP contribution in [0.5, 0.6) is 0 Å². The van der Waals surface area contributed by atoms with Crippen molar-refractivity contribution in [3.63, 3.8) is 0 Å². The summed E-state index contributed by atoms with van der Waals surface area (Å²) >= 11 is 0. The summed E-state index contributed by atoms with van der Waals surface area (Å²) in [6.07, 6.45) is 7.84. The van der Waals surface area contributed by atoms with E-state index < -0.39 is 0 Å². The standard InChI is InChI=1S/C18H23N5O/c1-12(2)23-10-15(21-11-23)17-16-13(9-20-17)3-6-19-18(16)22-14-4-7-24-8-5-14/h3,6,10-12,14H,4-5,7-9H2,1-2H3,(H,19,22). The number of fused-ring (bicyclic) bond motifs is 1. The molecule has 0 aromatic carbocycles. The number of rotatable bonds is 4. The fraction of sp³-hybridized carbons (Fsp3) is 0.500. The van der Waals surface area contributed by atoms with Gasteiger partial charge in [0.15, 0.2) is 0 Å². The lowest BCUT2D eigenvalue weighted by atomic mass is 10.0. The first-order valence-electron chi connectivity index (χ1n) is 8.63. The molecule has 0 spiro atoms. The Hall–Kier alpha value is -2.21. The van der Waals surface area contributed by atoms with Gasteiger partial charge in [-0.2, -0.15) is 0 Å². The predicted octanol–water partition coefficient (Wildman–Crippen LogP) is 2.80. The number of hydrogen-bond acceptors (Lipinski definition) is 5. The van der Waals surface area contributed by atoms with Crippen LogP contribution in [-0.2, 0) is 11.3 Å². The number of nitrogens with one attached hydrogen (secondary N) is 1. The number of aromatic nitrogens is 3. The average molecular weight is 325 g/mol. The molecular weight excluding hydrogens is 302 g/mol. The molecule has 1 fully saturated rings. The van der Waals surface area contributed by atoms with Crippen molar-refractivity contribution in [3.8, 4) is 0 Å². The van der Waals surface area contributed by atoms with Crippen LogP contribution < -0.4 is 5.32 Å². The van der Waals surface area contributed by atoms with Gasteiger partial charge >= 0.3 is 0 Å². The lowest BCUT2D eigenvalue weighted by molar-refractivity contribution is 0.0904. The molecule has 2 aromatic rings. The minimum Gasteiger partial charge on any atom is -0.381 e. The molecule has 6 heteroatoms. The molecule has 0 saturated carbocycles. The smallest absolute Gasteiger partial charge is 0.136 e. The number of ether oxygens (including phenoxy) is 1. The lowest BCUT2D eigenvalue weighted by Gasteiger charge is -2.24. The van der Waals surface area contributed by atoms with Crippen molar-refractivity contribution in [1.29, 1.82) is 0 Å². The van der Waals surface area contributed by atoms with E-state index >= 15 is 0 Å². The molecule has 0 unspecified atom stereocenters. The van der Waals surface area contributed by atoms with Crippen LogP contribution in [0.4, 0.5) is 5.82 Å². The van der Waals surface area contributed by atoms with E-state index in [9.17, 15) is 0 Å². The third kappa shape index (κ3) is 2.82. The summed E-state index contributed by atoms with van der Waals surface area (Å²) in [5.74, 6) is 0.926. The van der Waals surface area contributed by atoms with Gasteiger partial charge in [-0.25, -0.2) is 9.97 Å². The van der Waals surface area contributed by atoms with Crippen LogP contribution in [0.15, 0.2) is 29.8 Å². The molecule has 2 aromatic heterocycles. The summed E-state index contributed by atoms with van der Waals surface area (Å²) in [7, 11) is 0. The first-order chi connectivity index (χ1) is 11.7. The van der Waals surface area contributed by atoms with Gasteiger partial charge in [-0.05, 0) is 38.3 Å². The molecule has 24 heavy (non-hydrogen) atoms. The Balaban J connectivity index is 1.65. The highest BCUT2D eigenvalue weighted by Crippen LogP contribution is 2.29. The molecule has 0 radical (unpaired) electrons. The Bertz CT molecular complexity index is 759. The highest BCUT2D eigenvalue weighted by molar-refractivity contribution is 6.16. The van der Waals surface area contributed by atoms with Crippen molar-refractivity contribution in [2.24, 2.45) is 4.99 Å². The van der Waals surface area contributed by atoms with Crippen molar-refractivity contribution >= 4 is 11.5 Å². The summed E-state index contributed by atoms with van der Waals surface area (Å²) < 4.78 is 7.56. The average Bonchev–Trinajstić information content (AvgIpc) is 3.23. The van der Waals surface area contributed by atoms with Gasteiger partial charge in [-0.1, -0.05) is 0 Å². The normalized spacial score (nSPS) is 17.9. The Labute approximate surface area is 142 Å². The quantitative estimate of drug-likeness (QED) is 0.939. The molecule has 2 aliphatic rings. The maximum absolute atomic E-state index is 5.45. The largest absolute Gasteiger partial charge is 0.381 e. The van der Waals surface area contributed by atoms with Crippen LogP contribution in [0.1, 0.15) is 49.6 Å². The molecule has 126 valence electrons. The molecule has 0 bridgehead atoms. The second kappa shape index (κ2) is 6.36. The zero-order chi connectivity index (χ0) is 16.5. The van der Waals surface area contributed by atoms with Gasteiger partial charge in [0.25, 0.3) is 0 Å². The first kappa shape index (κ1) is 15.3. The second-order valence-electron chi connectivity index (χ2n) is 6.69. The van der Waals surface area contributed by atoms with Crippen LogP contribution in [0.2, 0.25) is 0 Å². The van der Waals surface area contributed by atoms with Crippen molar-refractivity contribution < 1.29 is 4.74 Å². The van der Waals surface area contributed by atoms with Crippen LogP contribution in [0, 0.1) is 0 Å². The van der Waals surface area contributed by atoms with Gasteiger partial charge in [0.2, 0.25) is 0 Å². The number of aliphatic imine (C=N–C) groups is 1. The summed E-state index contributed by atoms with van der Waals surface area (Å²) in [4.78, 5) is 13.9. The zero-order valence-electron chi connectivity index (χ0n) is 14.2. The monoisotopic (exact) mass is 325 g/mol. The summed E-state index contributed by atoms with van der Waals surface area (Å²) in [5.41, 5.74) is 4.20. The van der Waals surface area contributed by atoms with Crippen LogP contribution in [-0.4, -0.2) is 39.5 Å². The summed E-state index contributed by atoms with van der Waals surface area (Å²) in [5, 5.41) is 3.60. The minimum absolute atomic E-state index is 0.390. The van der Waals surface area contributed by atoms with E-state index in [4.69, 9.17) is 9.73 Å². The molecule has 4 heterocycles. The lowest BCUT2D eigenvalue weighted by Crippen LogP contribution is -2.29. The Morgan fingerprint density at radius 1 is 1.25 bits per heavy atom. The maximum atomic E-state index is 5.45. The van der Waals surface area contributed by atoms with Crippen LogP contribution >= 0.6 is 0 Å². The van der Waals surface area contributed by atoms with Crippen LogP contribution in [0.3, 0.4) is 0 Å². The third-order valence-electron chi connectivity index (χ3n) is 4.68. The molecule has 0 atom stereocenters. The molecule has 2 aliphatic heterocycles. The Morgan fingerprint density at radius 2 is 2.08 bits per heavy atom. The molecular formula is C18H23N5O. The van der Waals surface area contributed by atoms with Gasteiger partial charge in [0.1, 0.15) is 11.5 Å². The summed E-state index contributed by atoms with van der Waals surface area (Å²) in [6, 6.07) is 2.86. The highest BCUT2D eigenvalue weighted by atomic mass is 16.5. The van der Waals surface area contributed by atoms with Crippen LogP contribution in [0.25, 0.3) is 0 Å². The van der Waals surface area contributed by atoms with Gasteiger partial charge in [0.05, 0.1) is 18.6 Å². The Morgan fingerprint density at radius 3 is 2.83 bits per heavy atom. The second-order valence-corrected chi connectivity index (χ2v) is 6.69. The highest BCUT2D eigenvalue weighted by Gasteiger charge is 2.25. The van der Waals surface area contributed by atoms with Gasteiger partial charge in [-0.15, -0.1) is 0 Å². The molecule has 4 rings (SSSR count). The SMILES string of the molecule is CC(C)n1cnc(C2=NCc3ccnc(NC4CCOCC4)c32)c1.